The van der Waals surface area contributed by atoms with Crippen molar-refractivity contribution in [3.63, 3.8) is 0 Å². The number of primary amides is 1. The van der Waals surface area contributed by atoms with E-state index in [-0.39, 0.29) is 10.8 Å². The molecule has 100 valence electrons. The fourth-order valence-corrected chi connectivity index (χ4v) is 2.87. The molecule has 2 heterocycles. The zero-order valence-corrected chi connectivity index (χ0v) is 11.3. The summed E-state index contributed by atoms with van der Waals surface area (Å²) in [5.74, 6) is -0.898. The van der Waals surface area contributed by atoms with Crippen molar-refractivity contribution >= 4 is 50.2 Å². The summed E-state index contributed by atoms with van der Waals surface area (Å²) in [7, 11) is 0. The third kappa shape index (κ3) is 1.97. The summed E-state index contributed by atoms with van der Waals surface area (Å²) in [6.45, 7) is 1.36. The Morgan fingerprint density at radius 1 is 1.20 bits per heavy atom. The number of thiophene rings is 1. The Labute approximate surface area is 117 Å². The maximum absolute atomic E-state index is 11.5. The summed E-state index contributed by atoms with van der Waals surface area (Å²) in [5.41, 5.74) is 7.59. The monoisotopic (exact) mass is 286 g/mol. The molecule has 3 aromatic rings. The molecule has 0 aliphatic heterocycles. The molecule has 0 atom stereocenters. The number of aromatic nitrogens is 2. The highest BCUT2D eigenvalue weighted by Gasteiger charge is 2.20. The van der Waals surface area contributed by atoms with Gasteiger partial charge in [0.15, 0.2) is 0 Å². The lowest BCUT2D eigenvalue weighted by Crippen LogP contribution is -2.14. The van der Waals surface area contributed by atoms with Crippen LogP contribution >= 0.6 is 11.3 Å². The number of nitrogens with two attached hydrogens (primary N) is 1. The molecule has 0 spiro atoms. The highest BCUT2D eigenvalue weighted by molar-refractivity contribution is 7.21. The van der Waals surface area contributed by atoms with Crippen LogP contribution in [0.15, 0.2) is 24.3 Å². The molecule has 1 aromatic carbocycles. The average Bonchev–Trinajstić information content (AvgIpc) is 2.74. The molecule has 2 amide bonds. The van der Waals surface area contributed by atoms with Crippen LogP contribution < -0.4 is 11.1 Å². The van der Waals surface area contributed by atoms with Crippen molar-refractivity contribution in [2.45, 2.75) is 6.92 Å². The first-order chi connectivity index (χ1) is 9.56. The van der Waals surface area contributed by atoms with Crippen molar-refractivity contribution in [3.8, 4) is 0 Å². The van der Waals surface area contributed by atoms with E-state index in [4.69, 9.17) is 5.73 Å². The second-order valence-corrected chi connectivity index (χ2v) is 5.22. The fraction of sp³-hybridized carbons (Fsp3) is 0.0769. The molecule has 0 aliphatic rings. The second-order valence-electron chi connectivity index (χ2n) is 4.22. The third-order valence-electron chi connectivity index (χ3n) is 2.73. The van der Waals surface area contributed by atoms with Gasteiger partial charge < -0.3 is 11.1 Å². The van der Waals surface area contributed by atoms with E-state index in [2.05, 4.69) is 15.3 Å². The summed E-state index contributed by atoms with van der Waals surface area (Å²) < 4.78 is 0. The SMILES string of the molecule is CC(=O)Nc1c(C(N)=O)sc2nc3ccccc3nc12. The van der Waals surface area contributed by atoms with E-state index in [9.17, 15) is 9.59 Å². The lowest BCUT2D eigenvalue weighted by molar-refractivity contribution is -0.114. The average molecular weight is 286 g/mol. The molecule has 6 nitrogen and oxygen atoms in total. The molecule has 0 saturated heterocycles. The molecule has 0 fully saturated rings. The number of carbonyl (C=O) groups is 2. The minimum absolute atomic E-state index is 0.255. The van der Waals surface area contributed by atoms with E-state index in [0.29, 0.717) is 21.6 Å². The number of nitrogens with zero attached hydrogens (tertiary/aromatic N) is 2. The normalized spacial score (nSPS) is 10.8. The number of anilines is 1. The predicted molar refractivity (Wildman–Crippen MR) is 77.7 cm³/mol. The Kier molecular flexibility index (Phi) is 2.83. The standard InChI is InChI=1S/C13H10N4O2S/c1-6(18)15-9-10-13(20-11(9)12(14)19)17-8-5-3-2-4-7(8)16-10/h2-5H,1H3,(H2,14,19)(H,15,18). The first kappa shape index (κ1) is 12.5. The topological polar surface area (TPSA) is 98.0 Å². The number of amides is 2. The molecule has 0 unspecified atom stereocenters. The van der Waals surface area contributed by atoms with Crippen molar-refractivity contribution in [1.82, 2.24) is 9.97 Å². The van der Waals surface area contributed by atoms with Gasteiger partial charge in [-0.2, -0.15) is 0 Å². The molecule has 0 bridgehead atoms. The quantitative estimate of drug-likeness (QED) is 0.751. The van der Waals surface area contributed by atoms with Crippen LogP contribution in [0.5, 0.6) is 0 Å². The molecule has 7 heteroatoms. The Morgan fingerprint density at radius 2 is 1.85 bits per heavy atom. The molecule has 3 N–H and O–H groups in total. The number of fused-ring (bicyclic) bond motifs is 2. The Hall–Kier alpha value is -2.54. The lowest BCUT2D eigenvalue weighted by Gasteiger charge is -2.02. The number of nitrogens with one attached hydrogen (secondary N) is 1. The number of benzene rings is 1. The van der Waals surface area contributed by atoms with Crippen molar-refractivity contribution < 1.29 is 9.59 Å². The van der Waals surface area contributed by atoms with Gasteiger partial charge in [-0.3, -0.25) is 9.59 Å². The van der Waals surface area contributed by atoms with Crippen LogP contribution in [0, 0.1) is 0 Å². The van der Waals surface area contributed by atoms with E-state index >= 15 is 0 Å². The zero-order valence-electron chi connectivity index (χ0n) is 10.5. The zero-order chi connectivity index (χ0) is 14.3. The molecule has 0 aliphatic carbocycles. The van der Waals surface area contributed by atoms with Gasteiger partial charge in [0.25, 0.3) is 5.91 Å². The maximum Gasteiger partial charge on any atom is 0.261 e. The number of hydrogen-bond donors (Lipinski definition) is 2. The van der Waals surface area contributed by atoms with Crippen LogP contribution in [0.25, 0.3) is 21.4 Å². The number of rotatable bonds is 2. The highest BCUT2D eigenvalue weighted by atomic mass is 32.1. The van der Waals surface area contributed by atoms with Crippen LogP contribution in [-0.4, -0.2) is 21.8 Å². The van der Waals surface area contributed by atoms with Crippen LogP contribution in [0.3, 0.4) is 0 Å². The molecule has 0 radical (unpaired) electrons. The van der Waals surface area contributed by atoms with Crippen LogP contribution in [0.1, 0.15) is 16.6 Å². The first-order valence-corrected chi connectivity index (χ1v) is 6.64. The molecule has 2 aromatic heterocycles. The summed E-state index contributed by atoms with van der Waals surface area (Å²) >= 11 is 1.13. The van der Waals surface area contributed by atoms with Gasteiger partial charge >= 0.3 is 0 Å². The van der Waals surface area contributed by atoms with E-state index in [0.717, 1.165) is 16.9 Å². The Morgan fingerprint density at radius 3 is 2.45 bits per heavy atom. The molecule has 0 saturated carbocycles. The van der Waals surface area contributed by atoms with Crippen LogP contribution in [0.2, 0.25) is 0 Å². The van der Waals surface area contributed by atoms with Gasteiger partial charge in [-0.05, 0) is 12.1 Å². The first-order valence-electron chi connectivity index (χ1n) is 5.83. The van der Waals surface area contributed by atoms with E-state index in [1.165, 1.54) is 6.92 Å². The van der Waals surface area contributed by atoms with Gasteiger partial charge in [0.2, 0.25) is 5.91 Å². The lowest BCUT2D eigenvalue weighted by atomic mass is 10.3. The molecular formula is C13H10N4O2S. The molecular weight excluding hydrogens is 276 g/mol. The van der Waals surface area contributed by atoms with Crippen molar-refractivity contribution in [3.05, 3.63) is 29.1 Å². The summed E-state index contributed by atoms with van der Waals surface area (Å²) in [6.07, 6.45) is 0. The summed E-state index contributed by atoms with van der Waals surface area (Å²) in [6, 6.07) is 7.37. The summed E-state index contributed by atoms with van der Waals surface area (Å²) in [5, 5.41) is 2.61. The highest BCUT2D eigenvalue weighted by Crippen LogP contribution is 2.34. The second kappa shape index (κ2) is 4.53. The largest absolute Gasteiger partial charge is 0.365 e. The molecule has 3 rings (SSSR count). The predicted octanol–water partition coefficient (Wildman–Crippen LogP) is 1.90. The van der Waals surface area contributed by atoms with Crippen molar-refractivity contribution in [2.75, 3.05) is 5.32 Å². The van der Waals surface area contributed by atoms with Crippen LogP contribution in [0.4, 0.5) is 5.69 Å². The Bertz CT molecular complexity index is 856. The summed E-state index contributed by atoms with van der Waals surface area (Å²) in [4.78, 5) is 32.5. The third-order valence-corrected chi connectivity index (χ3v) is 3.81. The van der Waals surface area contributed by atoms with E-state index in [1.54, 1.807) is 0 Å². The maximum atomic E-state index is 11.5. The van der Waals surface area contributed by atoms with Gasteiger partial charge in [-0.15, -0.1) is 11.3 Å². The molecule has 20 heavy (non-hydrogen) atoms. The smallest absolute Gasteiger partial charge is 0.261 e. The van der Waals surface area contributed by atoms with Gasteiger partial charge in [0.05, 0.1) is 16.7 Å². The number of hydrogen-bond acceptors (Lipinski definition) is 5. The minimum atomic E-state index is -0.609. The number of para-hydroxylation sites is 2. The number of carbonyl (C=O) groups excluding carboxylic acids is 2. The Balaban J connectivity index is 2.36. The van der Waals surface area contributed by atoms with Crippen molar-refractivity contribution in [2.24, 2.45) is 5.73 Å². The van der Waals surface area contributed by atoms with E-state index in [1.807, 2.05) is 24.3 Å². The fourth-order valence-electron chi connectivity index (χ4n) is 1.94. The van der Waals surface area contributed by atoms with Gasteiger partial charge in [-0.1, -0.05) is 12.1 Å². The van der Waals surface area contributed by atoms with Gasteiger partial charge in [0.1, 0.15) is 15.2 Å². The van der Waals surface area contributed by atoms with Crippen LogP contribution in [-0.2, 0) is 4.79 Å². The van der Waals surface area contributed by atoms with Gasteiger partial charge in [-0.25, -0.2) is 9.97 Å². The van der Waals surface area contributed by atoms with Crippen molar-refractivity contribution in [1.29, 1.82) is 0 Å². The minimum Gasteiger partial charge on any atom is -0.365 e. The van der Waals surface area contributed by atoms with E-state index < -0.39 is 5.91 Å². The van der Waals surface area contributed by atoms with Gasteiger partial charge in [0, 0.05) is 6.92 Å².